The van der Waals surface area contributed by atoms with Crippen molar-refractivity contribution in [3.05, 3.63) is 18.3 Å². The molecule has 106 valence electrons. The molecule has 1 atom stereocenters. The zero-order valence-electron chi connectivity index (χ0n) is 11.2. The summed E-state index contributed by atoms with van der Waals surface area (Å²) in [6.45, 7) is 3.28. The second kappa shape index (κ2) is 6.11. The van der Waals surface area contributed by atoms with Gasteiger partial charge in [0.1, 0.15) is 5.82 Å². The van der Waals surface area contributed by atoms with Crippen molar-refractivity contribution < 1.29 is 8.42 Å². The van der Waals surface area contributed by atoms with E-state index in [9.17, 15) is 8.42 Å². The first kappa shape index (κ1) is 14.6. The summed E-state index contributed by atoms with van der Waals surface area (Å²) in [5, 5.41) is 3.26. The van der Waals surface area contributed by atoms with Gasteiger partial charge in [-0.25, -0.2) is 13.4 Å². The van der Waals surface area contributed by atoms with Crippen LogP contribution in [-0.4, -0.2) is 48.8 Å². The highest BCUT2D eigenvalue weighted by Crippen LogP contribution is 2.26. The summed E-state index contributed by atoms with van der Waals surface area (Å²) in [5.74, 6) is 1.43. The zero-order chi connectivity index (χ0) is 13.9. The molecule has 0 radical (unpaired) electrons. The van der Waals surface area contributed by atoms with Gasteiger partial charge in [-0.2, -0.15) is 16.1 Å². The normalized spacial score (nSPS) is 21.3. The van der Waals surface area contributed by atoms with Gasteiger partial charge >= 0.3 is 0 Å². The fourth-order valence-electron chi connectivity index (χ4n) is 2.01. The second-order valence-electron chi connectivity index (χ2n) is 4.39. The third kappa shape index (κ3) is 3.21. The smallest absolute Gasteiger partial charge is 0.243 e. The fraction of sp³-hybridized carbons (Fsp3) is 0.583. The van der Waals surface area contributed by atoms with E-state index in [4.69, 9.17) is 0 Å². The SMILES string of the molecule is CCC1CN(S(=O)(=O)c2ccnc(NC)c2)CCS1. The number of thioether (sulfide) groups is 1. The van der Waals surface area contributed by atoms with Gasteiger partial charge in [-0.05, 0) is 12.5 Å². The first-order valence-electron chi connectivity index (χ1n) is 6.33. The monoisotopic (exact) mass is 301 g/mol. The number of hydrogen-bond donors (Lipinski definition) is 1. The number of rotatable bonds is 4. The largest absolute Gasteiger partial charge is 0.373 e. The van der Waals surface area contributed by atoms with Crippen molar-refractivity contribution in [2.45, 2.75) is 23.5 Å². The molecule has 1 saturated heterocycles. The summed E-state index contributed by atoms with van der Waals surface area (Å²) in [4.78, 5) is 4.36. The minimum Gasteiger partial charge on any atom is -0.373 e. The predicted molar refractivity (Wildman–Crippen MR) is 79.1 cm³/mol. The van der Waals surface area contributed by atoms with E-state index in [-0.39, 0.29) is 0 Å². The number of sulfonamides is 1. The molecular weight excluding hydrogens is 282 g/mol. The Kier molecular flexibility index (Phi) is 4.70. The van der Waals surface area contributed by atoms with Crippen LogP contribution in [0.4, 0.5) is 5.82 Å². The molecule has 0 aromatic carbocycles. The van der Waals surface area contributed by atoms with Crippen LogP contribution in [-0.2, 0) is 10.0 Å². The lowest BCUT2D eigenvalue weighted by Gasteiger charge is -2.31. The minimum atomic E-state index is -3.40. The van der Waals surface area contributed by atoms with E-state index < -0.39 is 10.0 Å². The van der Waals surface area contributed by atoms with E-state index in [1.165, 1.54) is 6.20 Å². The molecule has 2 heterocycles. The van der Waals surface area contributed by atoms with Crippen LogP contribution in [0.5, 0.6) is 0 Å². The molecule has 1 fully saturated rings. The molecule has 0 saturated carbocycles. The van der Waals surface area contributed by atoms with E-state index >= 15 is 0 Å². The van der Waals surface area contributed by atoms with E-state index in [2.05, 4.69) is 17.2 Å². The van der Waals surface area contributed by atoms with Gasteiger partial charge in [0.05, 0.1) is 4.90 Å². The Morgan fingerprint density at radius 1 is 1.58 bits per heavy atom. The number of aromatic nitrogens is 1. The Labute approximate surface area is 118 Å². The Bertz CT molecular complexity index is 534. The van der Waals surface area contributed by atoms with Crippen LogP contribution in [0.3, 0.4) is 0 Å². The van der Waals surface area contributed by atoms with Crippen LogP contribution >= 0.6 is 11.8 Å². The molecule has 1 unspecified atom stereocenters. The van der Waals surface area contributed by atoms with Gasteiger partial charge in [0.15, 0.2) is 0 Å². The van der Waals surface area contributed by atoms with E-state index in [0.717, 1.165) is 12.2 Å². The van der Waals surface area contributed by atoms with E-state index in [1.54, 1.807) is 23.5 Å². The molecule has 1 aromatic rings. The third-order valence-electron chi connectivity index (χ3n) is 3.18. The molecule has 19 heavy (non-hydrogen) atoms. The summed E-state index contributed by atoms with van der Waals surface area (Å²) < 4.78 is 26.7. The average molecular weight is 301 g/mol. The highest BCUT2D eigenvalue weighted by atomic mass is 32.2. The van der Waals surface area contributed by atoms with Crippen LogP contribution in [0.2, 0.25) is 0 Å². The maximum Gasteiger partial charge on any atom is 0.243 e. The van der Waals surface area contributed by atoms with Crippen molar-refractivity contribution >= 4 is 27.6 Å². The lowest BCUT2D eigenvalue weighted by atomic mass is 10.3. The quantitative estimate of drug-likeness (QED) is 0.916. The van der Waals surface area contributed by atoms with E-state index in [1.807, 2.05) is 11.8 Å². The first-order chi connectivity index (χ1) is 9.07. The summed E-state index contributed by atoms with van der Waals surface area (Å²) in [7, 11) is -1.67. The number of nitrogens with one attached hydrogen (secondary N) is 1. The van der Waals surface area contributed by atoms with Crippen LogP contribution in [0.1, 0.15) is 13.3 Å². The Morgan fingerprint density at radius 2 is 2.37 bits per heavy atom. The van der Waals surface area contributed by atoms with Gasteiger partial charge in [-0.15, -0.1) is 0 Å². The van der Waals surface area contributed by atoms with Crippen molar-refractivity contribution in [2.75, 3.05) is 31.2 Å². The molecule has 2 rings (SSSR count). The van der Waals surface area contributed by atoms with Crippen molar-refractivity contribution in [1.29, 1.82) is 0 Å². The van der Waals surface area contributed by atoms with Crippen molar-refractivity contribution in [1.82, 2.24) is 9.29 Å². The van der Waals surface area contributed by atoms with Crippen LogP contribution in [0, 0.1) is 0 Å². The maximum absolute atomic E-state index is 12.6. The molecule has 1 aliphatic heterocycles. The molecule has 1 aliphatic rings. The Morgan fingerprint density at radius 3 is 3.05 bits per heavy atom. The topological polar surface area (TPSA) is 62.3 Å². The second-order valence-corrected chi connectivity index (χ2v) is 7.74. The number of nitrogens with zero attached hydrogens (tertiary/aromatic N) is 2. The summed E-state index contributed by atoms with van der Waals surface area (Å²) in [5.41, 5.74) is 0. The van der Waals surface area contributed by atoms with Crippen LogP contribution < -0.4 is 5.32 Å². The first-order valence-corrected chi connectivity index (χ1v) is 8.82. The molecule has 7 heteroatoms. The van der Waals surface area contributed by atoms with Gasteiger partial charge in [0, 0.05) is 43.4 Å². The van der Waals surface area contributed by atoms with Gasteiger partial charge in [-0.1, -0.05) is 6.92 Å². The molecule has 1 aromatic heterocycles. The fourth-order valence-corrected chi connectivity index (χ4v) is 4.90. The molecule has 0 bridgehead atoms. The number of pyridine rings is 1. The van der Waals surface area contributed by atoms with Crippen molar-refractivity contribution in [3.63, 3.8) is 0 Å². The summed E-state index contributed by atoms with van der Waals surface area (Å²) in [6.07, 6.45) is 2.52. The standard InChI is InChI=1S/C12H19N3O2S2/c1-3-10-9-15(6-7-18-10)19(16,17)11-4-5-14-12(8-11)13-2/h4-5,8,10H,3,6-7,9H2,1-2H3,(H,13,14). The van der Waals surface area contributed by atoms with Crippen molar-refractivity contribution in [2.24, 2.45) is 0 Å². The zero-order valence-corrected chi connectivity index (χ0v) is 12.8. The molecule has 0 amide bonds. The lowest BCUT2D eigenvalue weighted by Crippen LogP contribution is -2.41. The van der Waals surface area contributed by atoms with Crippen LogP contribution in [0.25, 0.3) is 0 Å². The van der Waals surface area contributed by atoms with Gasteiger partial charge in [0.2, 0.25) is 10.0 Å². The average Bonchev–Trinajstić information content (AvgIpc) is 2.47. The highest BCUT2D eigenvalue weighted by molar-refractivity contribution is 8.00. The molecule has 5 nitrogen and oxygen atoms in total. The lowest BCUT2D eigenvalue weighted by molar-refractivity contribution is 0.416. The van der Waals surface area contributed by atoms with Crippen molar-refractivity contribution in [3.8, 4) is 0 Å². The van der Waals surface area contributed by atoms with Gasteiger partial charge in [-0.3, -0.25) is 0 Å². The predicted octanol–water partition coefficient (Wildman–Crippen LogP) is 1.64. The number of anilines is 1. The molecule has 1 N–H and O–H groups in total. The highest BCUT2D eigenvalue weighted by Gasteiger charge is 2.30. The Hall–Kier alpha value is -0.790. The summed E-state index contributed by atoms with van der Waals surface area (Å²) >= 11 is 1.86. The minimum absolute atomic E-state index is 0.314. The maximum atomic E-state index is 12.6. The third-order valence-corrected chi connectivity index (χ3v) is 6.42. The van der Waals surface area contributed by atoms with Gasteiger partial charge in [0.25, 0.3) is 0 Å². The molecule has 0 spiro atoms. The summed E-state index contributed by atoms with van der Waals surface area (Å²) in [6, 6.07) is 3.14. The number of hydrogen-bond acceptors (Lipinski definition) is 5. The molecular formula is C12H19N3O2S2. The van der Waals surface area contributed by atoms with E-state index in [0.29, 0.717) is 29.1 Å². The molecule has 0 aliphatic carbocycles. The Balaban J connectivity index is 2.25. The van der Waals surface area contributed by atoms with Crippen LogP contribution in [0.15, 0.2) is 23.2 Å². The van der Waals surface area contributed by atoms with Gasteiger partial charge < -0.3 is 5.32 Å².